The highest BCUT2D eigenvalue weighted by molar-refractivity contribution is 5.92. The van der Waals surface area contributed by atoms with E-state index in [9.17, 15) is 9.18 Å². The van der Waals surface area contributed by atoms with E-state index in [0.717, 1.165) is 25.9 Å². The quantitative estimate of drug-likeness (QED) is 0.721. The molecule has 0 aliphatic carbocycles. The Morgan fingerprint density at radius 1 is 1.32 bits per heavy atom. The average Bonchev–Trinajstić information content (AvgIpc) is 2.62. The molecule has 3 heterocycles. The highest BCUT2D eigenvalue weighted by Gasteiger charge is 2.36. The molecule has 19 heavy (non-hydrogen) atoms. The Morgan fingerprint density at radius 3 is 2.89 bits per heavy atom. The van der Waals surface area contributed by atoms with Crippen LogP contribution in [0.15, 0.2) is 18.2 Å². The molecule has 5 heteroatoms. The van der Waals surface area contributed by atoms with Gasteiger partial charge in [0.15, 0.2) is 0 Å². The van der Waals surface area contributed by atoms with Gasteiger partial charge in [0.05, 0.1) is 0 Å². The van der Waals surface area contributed by atoms with Crippen molar-refractivity contribution in [3.05, 3.63) is 29.8 Å². The predicted octanol–water partition coefficient (Wildman–Crippen LogP) is 1.53. The maximum absolute atomic E-state index is 13.1. The number of likely N-dealkylation sites (N-methyl/N-ethyl adjacent to an activating group) is 1. The monoisotopic (exact) mass is 263 g/mol. The van der Waals surface area contributed by atoms with Crippen LogP contribution in [0.3, 0.4) is 0 Å². The van der Waals surface area contributed by atoms with E-state index in [1.165, 1.54) is 18.6 Å². The molecule has 1 amide bonds. The summed E-state index contributed by atoms with van der Waals surface area (Å²) in [5, 5.41) is 0. The number of amides is 1. The minimum absolute atomic E-state index is 0.152. The fourth-order valence-electron chi connectivity index (χ4n) is 3.18. The Morgan fingerprint density at radius 2 is 2.11 bits per heavy atom. The lowest BCUT2D eigenvalue weighted by atomic mass is 10.1. The molecular formula is C14H18FN3O. The summed E-state index contributed by atoms with van der Waals surface area (Å²) in [6.45, 7) is 1.46. The highest BCUT2D eigenvalue weighted by Crippen LogP contribution is 2.28. The van der Waals surface area contributed by atoms with Crippen LogP contribution in [0.25, 0.3) is 0 Å². The van der Waals surface area contributed by atoms with Crippen LogP contribution in [0, 0.1) is 5.95 Å². The number of aromatic nitrogens is 1. The smallest absolute Gasteiger partial charge is 0.272 e. The molecule has 0 spiro atoms. The SMILES string of the molecule is CN1C2CCC1CN(C(=O)c1cccc(F)n1)CC2. The molecule has 1 aromatic rings. The number of hydrogen-bond donors (Lipinski definition) is 0. The summed E-state index contributed by atoms with van der Waals surface area (Å²) >= 11 is 0. The molecule has 2 bridgehead atoms. The molecule has 3 rings (SSSR count). The van der Waals surface area contributed by atoms with Crippen LogP contribution >= 0.6 is 0 Å². The molecule has 0 radical (unpaired) electrons. The lowest BCUT2D eigenvalue weighted by Gasteiger charge is -2.25. The number of likely N-dealkylation sites (tertiary alicyclic amines) is 1. The van der Waals surface area contributed by atoms with Crippen molar-refractivity contribution < 1.29 is 9.18 Å². The van der Waals surface area contributed by atoms with E-state index in [2.05, 4.69) is 16.9 Å². The van der Waals surface area contributed by atoms with Crippen LogP contribution in [-0.4, -0.2) is 52.9 Å². The normalized spacial score (nSPS) is 27.4. The number of rotatable bonds is 1. The molecule has 2 atom stereocenters. The Bertz CT molecular complexity index is 493. The largest absolute Gasteiger partial charge is 0.336 e. The lowest BCUT2D eigenvalue weighted by Crippen LogP contribution is -2.40. The van der Waals surface area contributed by atoms with E-state index in [4.69, 9.17) is 0 Å². The first kappa shape index (κ1) is 12.5. The van der Waals surface area contributed by atoms with Gasteiger partial charge in [0.2, 0.25) is 5.95 Å². The fourth-order valence-corrected chi connectivity index (χ4v) is 3.18. The molecule has 2 unspecified atom stereocenters. The maximum atomic E-state index is 13.1. The summed E-state index contributed by atoms with van der Waals surface area (Å²) in [7, 11) is 2.14. The molecular weight excluding hydrogens is 245 g/mol. The summed E-state index contributed by atoms with van der Waals surface area (Å²) in [6, 6.07) is 5.40. The van der Waals surface area contributed by atoms with Crippen molar-refractivity contribution in [1.82, 2.24) is 14.8 Å². The lowest BCUT2D eigenvalue weighted by molar-refractivity contribution is 0.0733. The second-order valence-electron chi connectivity index (χ2n) is 5.44. The van der Waals surface area contributed by atoms with Crippen LogP contribution in [0.1, 0.15) is 29.8 Å². The van der Waals surface area contributed by atoms with Crippen molar-refractivity contribution in [1.29, 1.82) is 0 Å². The minimum atomic E-state index is -0.598. The summed E-state index contributed by atoms with van der Waals surface area (Å²) < 4.78 is 13.1. The van der Waals surface area contributed by atoms with Gasteiger partial charge in [-0.3, -0.25) is 9.69 Å². The van der Waals surface area contributed by atoms with Gasteiger partial charge < -0.3 is 4.90 Å². The fraction of sp³-hybridized carbons (Fsp3) is 0.571. The molecule has 2 aliphatic heterocycles. The second kappa shape index (κ2) is 4.89. The molecule has 102 valence electrons. The number of halogens is 1. The van der Waals surface area contributed by atoms with Crippen molar-refractivity contribution in [3.63, 3.8) is 0 Å². The van der Waals surface area contributed by atoms with Crippen LogP contribution < -0.4 is 0 Å². The molecule has 4 nitrogen and oxygen atoms in total. The molecule has 2 aliphatic rings. The van der Waals surface area contributed by atoms with Gasteiger partial charge >= 0.3 is 0 Å². The van der Waals surface area contributed by atoms with Gasteiger partial charge in [0.25, 0.3) is 5.91 Å². The van der Waals surface area contributed by atoms with Gasteiger partial charge in [-0.2, -0.15) is 4.39 Å². The Kier molecular flexibility index (Phi) is 3.22. The Hall–Kier alpha value is -1.49. The number of nitrogens with zero attached hydrogens (tertiary/aromatic N) is 3. The zero-order valence-electron chi connectivity index (χ0n) is 11.1. The van der Waals surface area contributed by atoms with Crippen molar-refractivity contribution in [2.75, 3.05) is 20.1 Å². The molecule has 0 aromatic carbocycles. The van der Waals surface area contributed by atoms with Gasteiger partial charge in [-0.25, -0.2) is 4.98 Å². The van der Waals surface area contributed by atoms with E-state index in [1.54, 1.807) is 6.07 Å². The van der Waals surface area contributed by atoms with Gasteiger partial charge in [0, 0.05) is 25.2 Å². The van der Waals surface area contributed by atoms with Crippen LogP contribution in [-0.2, 0) is 0 Å². The summed E-state index contributed by atoms with van der Waals surface area (Å²) in [5.74, 6) is -0.750. The summed E-state index contributed by atoms with van der Waals surface area (Å²) in [6.07, 6.45) is 3.36. The van der Waals surface area contributed by atoms with Gasteiger partial charge in [-0.1, -0.05) is 6.07 Å². The molecule has 2 fully saturated rings. The van der Waals surface area contributed by atoms with E-state index < -0.39 is 5.95 Å². The van der Waals surface area contributed by atoms with Crippen LogP contribution in [0.4, 0.5) is 4.39 Å². The predicted molar refractivity (Wildman–Crippen MR) is 69.3 cm³/mol. The first-order valence-corrected chi connectivity index (χ1v) is 6.79. The minimum Gasteiger partial charge on any atom is -0.336 e. The Labute approximate surface area is 112 Å². The second-order valence-corrected chi connectivity index (χ2v) is 5.44. The molecule has 0 saturated carbocycles. The number of carbonyl (C=O) groups is 1. The van der Waals surface area contributed by atoms with Crippen molar-refractivity contribution in [2.24, 2.45) is 0 Å². The van der Waals surface area contributed by atoms with Gasteiger partial charge in [0.1, 0.15) is 5.69 Å². The average molecular weight is 263 g/mol. The topological polar surface area (TPSA) is 36.4 Å². The van der Waals surface area contributed by atoms with Crippen molar-refractivity contribution in [2.45, 2.75) is 31.3 Å². The molecule has 2 saturated heterocycles. The standard InChI is InChI=1S/C14H18FN3O/c1-17-10-5-6-11(17)9-18(8-7-10)14(19)12-3-2-4-13(15)16-12/h2-4,10-11H,5-9H2,1H3. The number of carbonyl (C=O) groups excluding carboxylic acids is 1. The maximum Gasteiger partial charge on any atom is 0.272 e. The molecule has 1 aromatic heterocycles. The van der Waals surface area contributed by atoms with Gasteiger partial charge in [-0.15, -0.1) is 0 Å². The van der Waals surface area contributed by atoms with Crippen LogP contribution in [0.5, 0.6) is 0 Å². The van der Waals surface area contributed by atoms with E-state index in [0.29, 0.717) is 12.1 Å². The third-order valence-corrected chi connectivity index (χ3v) is 4.37. The first-order valence-electron chi connectivity index (χ1n) is 6.79. The zero-order chi connectivity index (χ0) is 13.4. The third-order valence-electron chi connectivity index (χ3n) is 4.37. The zero-order valence-corrected chi connectivity index (χ0v) is 11.1. The Balaban J connectivity index is 1.77. The van der Waals surface area contributed by atoms with E-state index in [-0.39, 0.29) is 11.6 Å². The third kappa shape index (κ3) is 2.34. The summed E-state index contributed by atoms with van der Waals surface area (Å²) in [4.78, 5) is 20.3. The molecule has 0 N–H and O–H groups in total. The first-order chi connectivity index (χ1) is 9.15. The highest BCUT2D eigenvalue weighted by atomic mass is 19.1. The summed E-state index contributed by atoms with van der Waals surface area (Å²) in [5.41, 5.74) is 0.209. The van der Waals surface area contributed by atoms with Crippen LogP contribution in [0.2, 0.25) is 0 Å². The number of hydrogen-bond acceptors (Lipinski definition) is 3. The van der Waals surface area contributed by atoms with Crippen molar-refractivity contribution >= 4 is 5.91 Å². The number of fused-ring (bicyclic) bond motifs is 2. The van der Waals surface area contributed by atoms with Crippen molar-refractivity contribution in [3.8, 4) is 0 Å². The van der Waals surface area contributed by atoms with Gasteiger partial charge in [-0.05, 0) is 38.4 Å². The van der Waals surface area contributed by atoms with E-state index in [1.807, 2.05) is 4.90 Å². The number of pyridine rings is 1. The van der Waals surface area contributed by atoms with E-state index >= 15 is 0 Å².